The zero-order chi connectivity index (χ0) is 16.1. The minimum Gasteiger partial charge on any atom is -0.352 e. The first-order valence-electron chi connectivity index (χ1n) is 6.87. The van der Waals surface area contributed by atoms with Gasteiger partial charge in [0.15, 0.2) is 0 Å². The topological polar surface area (TPSA) is 58.2 Å². The third-order valence-corrected chi connectivity index (χ3v) is 3.68. The molecule has 0 unspecified atom stereocenters. The summed E-state index contributed by atoms with van der Waals surface area (Å²) < 4.78 is 0. The van der Waals surface area contributed by atoms with E-state index in [0.29, 0.717) is 22.8 Å². The average Bonchev–Trinajstić information content (AvgIpc) is 2.50. The second-order valence-electron chi connectivity index (χ2n) is 4.97. The van der Waals surface area contributed by atoms with Crippen LogP contribution < -0.4 is 10.6 Å². The van der Waals surface area contributed by atoms with Crippen molar-refractivity contribution < 1.29 is 9.59 Å². The highest BCUT2D eigenvalue weighted by Crippen LogP contribution is 2.23. The first-order chi connectivity index (χ1) is 10.5. The molecular formula is C17H17ClN2O2. The van der Waals surface area contributed by atoms with Crippen LogP contribution in [0.15, 0.2) is 42.5 Å². The molecule has 0 radical (unpaired) electrons. The standard InChI is InChI=1S/C17H17ClN2O2/c1-11-15(18)4-3-5-16(11)20-17(22)14-8-6-13(7-9-14)10-19-12(2)21/h3-9H,10H2,1-2H3,(H,19,21)(H,20,22). The summed E-state index contributed by atoms with van der Waals surface area (Å²) in [6.07, 6.45) is 0. The van der Waals surface area contributed by atoms with Crippen molar-refractivity contribution in [2.45, 2.75) is 20.4 Å². The molecule has 0 aliphatic heterocycles. The highest BCUT2D eigenvalue weighted by Gasteiger charge is 2.09. The van der Waals surface area contributed by atoms with Crippen LogP contribution in [-0.4, -0.2) is 11.8 Å². The van der Waals surface area contributed by atoms with Crippen molar-refractivity contribution in [3.8, 4) is 0 Å². The Labute approximate surface area is 134 Å². The number of halogens is 1. The SMILES string of the molecule is CC(=O)NCc1ccc(C(=O)Nc2cccc(Cl)c2C)cc1. The third kappa shape index (κ3) is 4.09. The Kier molecular flexibility index (Phi) is 5.17. The molecule has 0 spiro atoms. The molecule has 2 rings (SSSR count). The maximum absolute atomic E-state index is 12.2. The zero-order valence-electron chi connectivity index (χ0n) is 12.4. The van der Waals surface area contributed by atoms with Crippen molar-refractivity contribution >= 4 is 29.1 Å². The number of anilines is 1. The molecule has 2 N–H and O–H groups in total. The summed E-state index contributed by atoms with van der Waals surface area (Å²) in [7, 11) is 0. The largest absolute Gasteiger partial charge is 0.352 e. The summed E-state index contributed by atoms with van der Waals surface area (Å²) in [4.78, 5) is 23.1. The van der Waals surface area contributed by atoms with E-state index in [1.807, 2.05) is 25.1 Å². The lowest BCUT2D eigenvalue weighted by Gasteiger charge is -2.10. The number of benzene rings is 2. The number of hydrogen-bond acceptors (Lipinski definition) is 2. The van der Waals surface area contributed by atoms with Crippen LogP contribution >= 0.6 is 11.6 Å². The molecule has 0 bridgehead atoms. The molecule has 0 saturated carbocycles. The van der Waals surface area contributed by atoms with Crippen molar-refractivity contribution in [2.75, 3.05) is 5.32 Å². The predicted molar refractivity (Wildman–Crippen MR) is 88.1 cm³/mol. The Morgan fingerprint density at radius 1 is 1.09 bits per heavy atom. The molecule has 2 amide bonds. The van der Waals surface area contributed by atoms with E-state index < -0.39 is 0 Å². The van der Waals surface area contributed by atoms with E-state index in [0.717, 1.165) is 11.1 Å². The van der Waals surface area contributed by atoms with Gasteiger partial charge in [-0.1, -0.05) is 29.8 Å². The van der Waals surface area contributed by atoms with Gasteiger partial charge in [-0.15, -0.1) is 0 Å². The molecule has 0 heterocycles. The van der Waals surface area contributed by atoms with Crippen molar-refractivity contribution in [3.05, 3.63) is 64.2 Å². The number of hydrogen-bond donors (Lipinski definition) is 2. The molecule has 0 aromatic heterocycles. The van der Waals surface area contributed by atoms with Gasteiger partial charge in [0.2, 0.25) is 5.91 Å². The number of carbonyl (C=O) groups excluding carboxylic acids is 2. The van der Waals surface area contributed by atoms with Gasteiger partial charge in [-0.25, -0.2) is 0 Å². The van der Waals surface area contributed by atoms with Crippen LogP contribution in [-0.2, 0) is 11.3 Å². The van der Waals surface area contributed by atoms with E-state index in [9.17, 15) is 9.59 Å². The van der Waals surface area contributed by atoms with Crippen LogP contribution in [0.1, 0.15) is 28.4 Å². The molecular weight excluding hydrogens is 300 g/mol. The third-order valence-electron chi connectivity index (χ3n) is 3.27. The molecule has 0 aliphatic carbocycles. The monoisotopic (exact) mass is 316 g/mol. The van der Waals surface area contributed by atoms with Crippen molar-refractivity contribution in [3.63, 3.8) is 0 Å². The highest BCUT2D eigenvalue weighted by molar-refractivity contribution is 6.31. The second kappa shape index (κ2) is 7.09. The molecule has 2 aromatic carbocycles. The van der Waals surface area contributed by atoms with Crippen molar-refractivity contribution in [1.29, 1.82) is 0 Å². The molecule has 0 fully saturated rings. The van der Waals surface area contributed by atoms with Gasteiger partial charge in [-0.2, -0.15) is 0 Å². The van der Waals surface area contributed by atoms with Crippen LogP contribution in [0.5, 0.6) is 0 Å². The van der Waals surface area contributed by atoms with E-state index in [2.05, 4.69) is 10.6 Å². The summed E-state index contributed by atoms with van der Waals surface area (Å²) in [5, 5.41) is 6.17. The van der Waals surface area contributed by atoms with Crippen LogP contribution in [0.4, 0.5) is 5.69 Å². The Bertz CT molecular complexity index is 696. The van der Waals surface area contributed by atoms with E-state index in [1.165, 1.54) is 6.92 Å². The smallest absolute Gasteiger partial charge is 0.255 e. The number of carbonyl (C=O) groups is 2. The summed E-state index contributed by atoms with van der Waals surface area (Å²) in [5.41, 5.74) is 3.01. The molecule has 0 aliphatic rings. The Morgan fingerprint density at radius 3 is 2.41 bits per heavy atom. The summed E-state index contributed by atoms with van der Waals surface area (Å²) in [6, 6.07) is 12.5. The minimum atomic E-state index is -0.198. The quantitative estimate of drug-likeness (QED) is 0.906. The number of amides is 2. The average molecular weight is 317 g/mol. The van der Waals surface area contributed by atoms with Gasteiger partial charge in [0, 0.05) is 29.7 Å². The lowest BCUT2D eigenvalue weighted by molar-refractivity contribution is -0.119. The molecule has 5 heteroatoms. The fraction of sp³-hybridized carbons (Fsp3) is 0.176. The maximum atomic E-state index is 12.2. The Balaban J connectivity index is 2.06. The molecule has 0 atom stereocenters. The molecule has 114 valence electrons. The minimum absolute atomic E-state index is 0.0850. The van der Waals surface area contributed by atoms with E-state index in [-0.39, 0.29) is 11.8 Å². The Hall–Kier alpha value is -2.33. The number of nitrogens with one attached hydrogen (secondary N) is 2. The molecule has 4 nitrogen and oxygen atoms in total. The zero-order valence-corrected chi connectivity index (χ0v) is 13.2. The van der Waals surface area contributed by atoms with E-state index in [1.54, 1.807) is 24.3 Å². The van der Waals surface area contributed by atoms with Gasteiger partial charge in [0.05, 0.1) is 0 Å². The lowest BCUT2D eigenvalue weighted by atomic mass is 10.1. The van der Waals surface area contributed by atoms with Crippen LogP contribution in [0.2, 0.25) is 5.02 Å². The summed E-state index contributed by atoms with van der Waals surface area (Å²) in [6.45, 7) is 3.77. The first kappa shape index (κ1) is 16.0. The van der Waals surface area contributed by atoms with Crippen molar-refractivity contribution in [2.24, 2.45) is 0 Å². The second-order valence-corrected chi connectivity index (χ2v) is 5.38. The summed E-state index contributed by atoms with van der Waals surface area (Å²) in [5.74, 6) is -0.283. The maximum Gasteiger partial charge on any atom is 0.255 e. The van der Waals surface area contributed by atoms with Gasteiger partial charge in [-0.3, -0.25) is 9.59 Å². The van der Waals surface area contributed by atoms with Gasteiger partial charge in [-0.05, 0) is 42.3 Å². The van der Waals surface area contributed by atoms with Gasteiger partial charge >= 0.3 is 0 Å². The fourth-order valence-corrected chi connectivity index (χ4v) is 2.11. The molecule has 0 saturated heterocycles. The van der Waals surface area contributed by atoms with Gasteiger partial charge < -0.3 is 10.6 Å². The van der Waals surface area contributed by atoms with E-state index >= 15 is 0 Å². The lowest BCUT2D eigenvalue weighted by Crippen LogP contribution is -2.19. The van der Waals surface area contributed by atoms with Crippen LogP contribution in [0.25, 0.3) is 0 Å². The van der Waals surface area contributed by atoms with E-state index in [4.69, 9.17) is 11.6 Å². The normalized spacial score (nSPS) is 10.1. The number of rotatable bonds is 4. The van der Waals surface area contributed by atoms with Crippen LogP contribution in [0.3, 0.4) is 0 Å². The molecule has 22 heavy (non-hydrogen) atoms. The summed E-state index contributed by atoms with van der Waals surface area (Å²) >= 11 is 6.04. The van der Waals surface area contributed by atoms with Gasteiger partial charge in [0.25, 0.3) is 5.91 Å². The van der Waals surface area contributed by atoms with Crippen LogP contribution in [0, 0.1) is 6.92 Å². The molecule has 2 aromatic rings. The highest BCUT2D eigenvalue weighted by atomic mass is 35.5. The Morgan fingerprint density at radius 2 is 1.77 bits per heavy atom. The fourth-order valence-electron chi connectivity index (χ4n) is 1.94. The van der Waals surface area contributed by atoms with Gasteiger partial charge in [0.1, 0.15) is 0 Å². The van der Waals surface area contributed by atoms with Crippen molar-refractivity contribution in [1.82, 2.24) is 5.32 Å². The predicted octanol–water partition coefficient (Wildman–Crippen LogP) is 3.54. The first-order valence-corrected chi connectivity index (χ1v) is 7.25.